The highest BCUT2D eigenvalue weighted by atomic mass is 16.7. The summed E-state index contributed by atoms with van der Waals surface area (Å²) >= 11 is 0. The third-order valence-corrected chi connectivity index (χ3v) is 4.93. The lowest BCUT2D eigenvalue weighted by atomic mass is 9.99. The van der Waals surface area contributed by atoms with Crippen molar-refractivity contribution in [2.24, 2.45) is 0 Å². The van der Waals surface area contributed by atoms with Crippen molar-refractivity contribution in [2.75, 3.05) is 13.2 Å². The minimum atomic E-state index is -1.58. The van der Waals surface area contributed by atoms with E-state index in [4.69, 9.17) is 14.2 Å². The number of rotatable bonds is 5. The topological polar surface area (TPSA) is 184 Å². The highest BCUT2D eigenvalue weighted by molar-refractivity contribution is 5.02. The van der Waals surface area contributed by atoms with Gasteiger partial charge < -0.3 is 39.7 Å². The highest BCUT2D eigenvalue weighted by Gasteiger charge is 2.45. The number of ether oxygens (including phenoxy) is 3. The largest absolute Gasteiger partial charge is 0.394 e. The molecule has 8 atom stereocenters. The van der Waals surface area contributed by atoms with E-state index in [9.17, 15) is 35.1 Å². The molecule has 2 saturated heterocycles. The summed E-state index contributed by atoms with van der Waals surface area (Å²) < 4.78 is 17.4. The summed E-state index contributed by atoms with van der Waals surface area (Å²) in [5.41, 5.74) is -0.885. The van der Waals surface area contributed by atoms with Crippen LogP contribution in [0, 0.1) is 6.92 Å². The van der Waals surface area contributed by atoms with E-state index >= 15 is 0 Å². The Morgan fingerprint density at radius 2 is 1.86 bits per heavy atom. The number of aromatic nitrogens is 2. The molecule has 2 aliphatic heterocycles. The third kappa shape index (κ3) is 4.04. The molecule has 6 N–H and O–H groups in total. The number of hydrogen-bond acceptors (Lipinski definition) is 10. The Bertz CT molecular complexity index is 792. The Morgan fingerprint density at radius 3 is 2.54 bits per heavy atom. The quantitative estimate of drug-likeness (QED) is 0.286. The van der Waals surface area contributed by atoms with Gasteiger partial charge in [0.05, 0.1) is 19.3 Å². The highest BCUT2D eigenvalue weighted by Crippen LogP contribution is 2.29. The van der Waals surface area contributed by atoms with E-state index in [1.165, 1.54) is 13.1 Å². The number of nitrogens with one attached hydrogen (secondary N) is 1. The van der Waals surface area contributed by atoms with Crippen LogP contribution in [0.2, 0.25) is 0 Å². The van der Waals surface area contributed by atoms with Gasteiger partial charge in [-0.1, -0.05) is 0 Å². The van der Waals surface area contributed by atoms with E-state index in [0.29, 0.717) is 5.56 Å². The molecule has 158 valence electrons. The van der Waals surface area contributed by atoms with Crippen LogP contribution in [0.4, 0.5) is 0 Å². The predicted octanol–water partition coefficient (Wildman–Crippen LogP) is -3.69. The molecule has 2 aliphatic rings. The van der Waals surface area contributed by atoms with Crippen molar-refractivity contribution < 1.29 is 39.7 Å². The molecule has 12 nitrogen and oxygen atoms in total. The van der Waals surface area contributed by atoms with E-state index in [1.54, 1.807) is 0 Å². The number of nitrogens with zero attached hydrogens (tertiary/aromatic N) is 1. The predicted molar refractivity (Wildman–Crippen MR) is 90.3 cm³/mol. The zero-order valence-corrected chi connectivity index (χ0v) is 15.0. The van der Waals surface area contributed by atoms with Gasteiger partial charge in [0.15, 0.2) is 6.29 Å². The standard InChI is InChI=1S/C16H24N2O10/c1-6-3-18(16(25)17-14(6)24)10-2-7(20)9(27-10)5-26-15-13(23)12(22)11(21)8(4-19)28-15/h3,7-13,15,19-23H,2,4-5H2,1H3,(H,17,24,25)/t7?,8-,9-,10-,11+,12+,13-,15-/m1/s1. The molecule has 28 heavy (non-hydrogen) atoms. The first-order valence-corrected chi connectivity index (χ1v) is 8.80. The SMILES string of the molecule is Cc1cn([C@H]2CC(O)[C@@H](CO[C@@H]3O[C@H](CO)[C@H](O)[C@H](O)[C@H]3O)O2)c(=O)[nH]c1=O. The molecule has 0 saturated carbocycles. The fourth-order valence-corrected chi connectivity index (χ4v) is 3.23. The first kappa shape index (κ1) is 21.1. The van der Waals surface area contributed by atoms with E-state index in [0.717, 1.165) is 4.57 Å². The van der Waals surface area contributed by atoms with Crippen LogP contribution in [0.1, 0.15) is 18.2 Å². The van der Waals surface area contributed by atoms with Gasteiger partial charge in [0, 0.05) is 18.2 Å². The molecule has 0 radical (unpaired) electrons. The van der Waals surface area contributed by atoms with Crippen LogP contribution >= 0.6 is 0 Å². The van der Waals surface area contributed by atoms with Crippen LogP contribution in [0.5, 0.6) is 0 Å². The summed E-state index contributed by atoms with van der Waals surface area (Å²) in [6.07, 6.45) is -8.46. The van der Waals surface area contributed by atoms with Gasteiger partial charge in [-0.05, 0) is 6.92 Å². The molecule has 3 rings (SSSR count). The number of H-pyrrole nitrogens is 1. The van der Waals surface area contributed by atoms with E-state index < -0.39 is 67.0 Å². The van der Waals surface area contributed by atoms with Crippen LogP contribution < -0.4 is 11.2 Å². The Kier molecular flexibility index (Phi) is 6.31. The number of aryl methyl sites for hydroxylation is 1. The maximum atomic E-state index is 12.0. The molecular weight excluding hydrogens is 380 g/mol. The van der Waals surface area contributed by atoms with E-state index in [2.05, 4.69) is 4.98 Å². The zero-order valence-electron chi connectivity index (χ0n) is 15.0. The van der Waals surface area contributed by atoms with E-state index in [1.807, 2.05) is 0 Å². The lowest BCUT2D eigenvalue weighted by Gasteiger charge is -2.39. The van der Waals surface area contributed by atoms with Gasteiger partial charge >= 0.3 is 5.69 Å². The molecule has 0 aliphatic carbocycles. The molecule has 1 unspecified atom stereocenters. The zero-order chi connectivity index (χ0) is 20.6. The number of aliphatic hydroxyl groups is 5. The van der Waals surface area contributed by atoms with Crippen molar-refractivity contribution in [1.29, 1.82) is 0 Å². The smallest absolute Gasteiger partial charge is 0.330 e. The van der Waals surface area contributed by atoms with Gasteiger partial charge in [-0.25, -0.2) is 4.79 Å². The van der Waals surface area contributed by atoms with Gasteiger partial charge in [0.2, 0.25) is 0 Å². The lowest BCUT2D eigenvalue weighted by molar-refractivity contribution is -0.306. The second-order valence-corrected chi connectivity index (χ2v) is 6.94. The Morgan fingerprint density at radius 1 is 1.14 bits per heavy atom. The normalized spacial score (nSPS) is 38.6. The Balaban J connectivity index is 1.64. The second kappa shape index (κ2) is 8.39. The molecule has 3 heterocycles. The van der Waals surface area contributed by atoms with Crippen LogP contribution in [-0.2, 0) is 14.2 Å². The number of hydrogen-bond donors (Lipinski definition) is 6. The van der Waals surface area contributed by atoms with Crippen molar-refractivity contribution in [2.45, 2.75) is 62.5 Å². The van der Waals surface area contributed by atoms with Crippen molar-refractivity contribution in [3.63, 3.8) is 0 Å². The number of aliphatic hydroxyl groups excluding tert-OH is 5. The van der Waals surface area contributed by atoms with Gasteiger partial charge in [-0.2, -0.15) is 0 Å². The second-order valence-electron chi connectivity index (χ2n) is 6.94. The minimum absolute atomic E-state index is 0.0636. The maximum Gasteiger partial charge on any atom is 0.330 e. The Labute approximate surface area is 158 Å². The van der Waals surface area contributed by atoms with E-state index in [-0.39, 0.29) is 13.0 Å². The molecule has 0 aromatic carbocycles. The Hall–Kier alpha value is -1.64. The third-order valence-electron chi connectivity index (χ3n) is 4.93. The van der Waals surface area contributed by atoms with Gasteiger partial charge in [0.25, 0.3) is 5.56 Å². The first-order valence-electron chi connectivity index (χ1n) is 8.80. The van der Waals surface area contributed by atoms with Crippen molar-refractivity contribution in [3.8, 4) is 0 Å². The summed E-state index contributed by atoms with van der Waals surface area (Å²) in [4.78, 5) is 25.6. The van der Waals surface area contributed by atoms with Crippen molar-refractivity contribution >= 4 is 0 Å². The fraction of sp³-hybridized carbons (Fsp3) is 0.750. The van der Waals surface area contributed by atoms with Gasteiger partial charge in [0.1, 0.15) is 36.7 Å². The molecule has 0 amide bonds. The molecular formula is C16H24N2O10. The monoisotopic (exact) mass is 404 g/mol. The van der Waals surface area contributed by atoms with Gasteiger partial charge in [-0.15, -0.1) is 0 Å². The maximum absolute atomic E-state index is 12.0. The fourth-order valence-electron chi connectivity index (χ4n) is 3.23. The summed E-state index contributed by atoms with van der Waals surface area (Å²) in [6.45, 7) is 0.682. The van der Waals surface area contributed by atoms with Crippen LogP contribution in [0.25, 0.3) is 0 Å². The molecule has 1 aromatic heterocycles. The van der Waals surface area contributed by atoms with Crippen LogP contribution in [-0.4, -0.2) is 91.2 Å². The van der Waals surface area contributed by atoms with Crippen LogP contribution in [0.3, 0.4) is 0 Å². The average Bonchev–Trinajstić information content (AvgIpc) is 3.02. The number of aromatic amines is 1. The molecule has 0 bridgehead atoms. The first-order chi connectivity index (χ1) is 13.2. The molecule has 2 fully saturated rings. The van der Waals surface area contributed by atoms with Crippen molar-refractivity contribution in [1.82, 2.24) is 9.55 Å². The van der Waals surface area contributed by atoms with Gasteiger partial charge in [-0.3, -0.25) is 14.3 Å². The molecule has 0 spiro atoms. The molecule has 1 aromatic rings. The summed E-state index contributed by atoms with van der Waals surface area (Å²) in [7, 11) is 0. The van der Waals surface area contributed by atoms with Crippen molar-refractivity contribution in [3.05, 3.63) is 32.6 Å². The average molecular weight is 404 g/mol. The summed E-state index contributed by atoms with van der Waals surface area (Å²) in [6, 6.07) is 0. The molecule has 12 heteroatoms. The minimum Gasteiger partial charge on any atom is -0.394 e. The van der Waals surface area contributed by atoms with Crippen LogP contribution in [0.15, 0.2) is 15.8 Å². The summed E-state index contributed by atoms with van der Waals surface area (Å²) in [5.74, 6) is 0. The summed E-state index contributed by atoms with van der Waals surface area (Å²) in [5, 5.41) is 48.9. The lowest BCUT2D eigenvalue weighted by Crippen LogP contribution is -2.59.